The summed E-state index contributed by atoms with van der Waals surface area (Å²) in [6.45, 7) is 1.72. The number of carbonyl (C=O) groups excluding carboxylic acids is 1. The molecule has 1 amide bonds. The Labute approximate surface area is 160 Å². The van der Waals surface area contributed by atoms with Gasteiger partial charge in [-0.25, -0.2) is 17.8 Å². The Morgan fingerprint density at radius 1 is 1.29 bits per heavy atom. The van der Waals surface area contributed by atoms with Crippen LogP contribution in [0.5, 0.6) is 0 Å². The molecule has 2 aromatic heterocycles. The minimum absolute atomic E-state index is 0.240. The molecule has 1 aromatic carbocycles. The fourth-order valence-corrected chi connectivity index (χ4v) is 3.52. The van der Waals surface area contributed by atoms with Gasteiger partial charge in [-0.2, -0.15) is 0 Å². The third-order valence-corrected chi connectivity index (χ3v) is 4.99. The zero-order chi connectivity index (χ0) is 20.1. The average Bonchev–Trinajstić information content (AvgIpc) is 3.40. The van der Waals surface area contributed by atoms with Gasteiger partial charge in [0.15, 0.2) is 0 Å². The quantitative estimate of drug-likeness (QED) is 0.675. The maximum atomic E-state index is 13.9. The molecule has 4 rings (SSSR count). The number of aryl methyl sites for hydroxylation is 1. The van der Waals surface area contributed by atoms with Crippen LogP contribution in [0.2, 0.25) is 0 Å². The predicted molar refractivity (Wildman–Crippen MR) is 101 cm³/mol. The molecule has 0 radical (unpaired) electrons. The van der Waals surface area contributed by atoms with Gasteiger partial charge in [0.05, 0.1) is 28.6 Å². The van der Waals surface area contributed by atoms with Crippen molar-refractivity contribution in [3.05, 3.63) is 47.0 Å². The van der Waals surface area contributed by atoms with Crippen LogP contribution in [0.4, 0.5) is 15.8 Å². The topological polar surface area (TPSA) is 114 Å². The second-order valence-electron chi connectivity index (χ2n) is 6.84. The predicted octanol–water partition coefficient (Wildman–Crippen LogP) is 3.17. The molecule has 1 fully saturated rings. The molecule has 0 spiro atoms. The molecular weight excluding hydrogens is 387 g/mol. The van der Waals surface area contributed by atoms with Gasteiger partial charge in [-0.1, -0.05) is 5.16 Å². The SMILES string of the molecule is Cc1noc2nc(C3CC3)cc(C(=O)Nc3ccc(F)c(NS(C)(=O)=O)c3)c12. The summed E-state index contributed by atoms with van der Waals surface area (Å²) in [6.07, 6.45) is 2.93. The maximum absolute atomic E-state index is 13.9. The van der Waals surface area contributed by atoms with E-state index in [9.17, 15) is 17.6 Å². The highest BCUT2D eigenvalue weighted by molar-refractivity contribution is 7.92. The van der Waals surface area contributed by atoms with E-state index in [1.165, 1.54) is 12.1 Å². The minimum atomic E-state index is -3.66. The molecule has 2 heterocycles. The number of amides is 1. The molecule has 10 heteroatoms. The van der Waals surface area contributed by atoms with Crippen LogP contribution in [0.15, 0.2) is 28.8 Å². The van der Waals surface area contributed by atoms with Gasteiger partial charge >= 0.3 is 0 Å². The van der Waals surface area contributed by atoms with Crippen LogP contribution in [0.25, 0.3) is 11.1 Å². The number of pyridine rings is 1. The zero-order valence-electron chi connectivity index (χ0n) is 15.1. The molecular formula is C18H17FN4O4S. The third-order valence-electron chi connectivity index (χ3n) is 4.40. The van der Waals surface area contributed by atoms with Crippen molar-refractivity contribution in [3.63, 3.8) is 0 Å². The Bertz CT molecular complexity index is 1200. The van der Waals surface area contributed by atoms with E-state index >= 15 is 0 Å². The summed E-state index contributed by atoms with van der Waals surface area (Å²) in [7, 11) is -3.66. The first-order chi connectivity index (χ1) is 13.2. The van der Waals surface area contributed by atoms with Gasteiger partial charge < -0.3 is 9.84 Å². The molecule has 0 aliphatic heterocycles. The number of nitrogens with zero attached hydrogens (tertiary/aromatic N) is 2. The molecule has 0 atom stereocenters. The van der Waals surface area contributed by atoms with Gasteiger partial charge in [-0.15, -0.1) is 0 Å². The second-order valence-corrected chi connectivity index (χ2v) is 8.59. The largest absolute Gasteiger partial charge is 0.336 e. The molecule has 146 valence electrons. The number of nitrogens with one attached hydrogen (secondary N) is 2. The van der Waals surface area contributed by atoms with Crippen LogP contribution in [0, 0.1) is 12.7 Å². The molecule has 1 aliphatic carbocycles. The molecule has 0 saturated heterocycles. The molecule has 2 N–H and O–H groups in total. The first kappa shape index (κ1) is 18.4. The van der Waals surface area contributed by atoms with E-state index in [-0.39, 0.29) is 11.4 Å². The summed E-state index contributed by atoms with van der Waals surface area (Å²) in [4.78, 5) is 17.4. The summed E-state index contributed by atoms with van der Waals surface area (Å²) < 4.78 is 43.9. The number of anilines is 2. The van der Waals surface area contributed by atoms with Crippen molar-refractivity contribution in [1.82, 2.24) is 10.1 Å². The number of aromatic nitrogens is 2. The Kier molecular flexibility index (Phi) is 4.30. The highest BCUT2D eigenvalue weighted by atomic mass is 32.2. The van der Waals surface area contributed by atoms with E-state index in [2.05, 4.69) is 20.2 Å². The summed E-state index contributed by atoms with van der Waals surface area (Å²) in [5, 5.41) is 7.07. The average molecular weight is 404 g/mol. The molecule has 0 bridgehead atoms. The molecule has 1 saturated carbocycles. The number of hydrogen-bond donors (Lipinski definition) is 2. The number of halogens is 1. The smallest absolute Gasteiger partial charge is 0.259 e. The maximum Gasteiger partial charge on any atom is 0.259 e. The second kappa shape index (κ2) is 6.55. The summed E-state index contributed by atoms with van der Waals surface area (Å²) in [5.41, 5.74) is 1.95. The van der Waals surface area contributed by atoms with E-state index in [4.69, 9.17) is 4.52 Å². The van der Waals surface area contributed by atoms with E-state index in [0.717, 1.165) is 30.9 Å². The van der Waals surface area contributed by atoms with Crippen LogP contribution in [0.1, 0.15) is 40.5 Å². The van der Waals surface area contributed by atoms with Crippen LogP contribution in [0.3, 0.4) is 0 Å². The van der Waals surface area contributed by atoms with E-state index in [0.29, 0.717) is 28.3 Å². The monoisotopic (exact) mass is 404 g/mol. The fraction of sp³-hybridized carbons (Fsp3) is 0.278. The Hall–Kier alpha value is -3.01. The number of hydrogen-bond acceptors (Lipinski definition) is 6. The Balaban J connectivity index is 1.69. The zero-order valence-corrected chi connectivity index (χ0v) is 15.9. The summed E-state index contributed by atoms with van der Waals surface area (Å²) >= 11 is 0. The van der Waals surface area contributed by atoms with Gasteiger partial charge in [0.2, 0.25) is 10.0 Å². The van der Waals surface area contributed by atoms with Gasteiger partial charge in [-0.3, -0.25) is 9.52 Å². The number of benzene rings is 1. The van der Waals surface area contributed by atoms with Crippen LogP contribution in [-0.4, -0.2) is 30.7 Å². The van der Waals surface area contributed by atoms with Crippen molar-refractivity contribution in [1.29, 1.82) is 0 Å². The van der Waals surface area contributed by atoms with Crippen LogP contribution < -0.4 is 10.0 Å². The Morgan fingerprint density at radius 3 is 2.71 bits per heavy atom. The van der Waals surface area contributed by atoms with Gasteiger partial charge in [0.25, 0.3) is 11.6 Å². The first-order valence-corrected chi connectivity index (χ1v) is 10.5. The number of sulfonamides is 1. The first-order valence-electron chi connectivity index (χ1n) is 8.57. The van der Waals surface area contributed by atoms with E-state index < -0.39 is 21.7 Å². The lowest BCUT2D eigenvalue weighted by molar-refractivity contribution is 0.102. The normalized spacial score (nSPS) is 14.2. The summed E-state index contributed by atoms with van der Waals surface area (Å²) in [6, 6.07) is 5.36. The lowest BCUT2D eigenvalue weighted by atomic mass is 10.1. The minimum Gasteiger partial charge on any atom is -0.336 e. The van der Waals surface area contributed by atoms with Crippen LogP contribution in [-0.2, 0) is 10.0 Å². The lowest BCUT2D eigenvalue weighted by Crippen LogP contribution is -2.15. The van der Waals surface area contributed by atoms with Crippen molar-refractivity contribution in [2.24, 2.45) is 0 Å². The molecule has 0 unspecified atom stereocenters. The molecule has 3 aromatic rings. The highest BCUT2D eigenvalue weighted by Crippen LogP contribution is 2.40. The van der Waals surface area contributed by atoms with Crippen molar-refractivity contribution in [2.75, 3.05) is 16.3 Å². The van der Waals surface area contributed by atoms with Crippen LogP contribution >= 0.6 is 0 Å². The standard InChI is InChI=1S/C18H17FN4O4S/c1-9-16-12(8-14(10-3-4-10)21-18(16)27-22-9)17(24)20-11-5-6-13(19)15(7-11)23-28(2,25)26/h5-8,10,23H,3-4H2,1-2H3,(H,20,24). The highest BCUT2D eigenvalue weighted by Gasteiger charge is 2.28. The van der Waals surface area contributed by atoms with Gasteiger partial charge in [0.1, 0.15) is 5.82 Å². The van der Waals surface area contributed by atoms with Crippen molar-refractivity contribution in [2.45, 2.75) is 25.7 Å². The number of rotatable bonds is 5. The van der Waals surface area contributed by atoms with E-state index in [1.54, 1.807) is 13.0 Å². The van der Waals surface area contributed by atoms with Crippen molar-refractivity contribution < 1.29 is 22.1 Å². The van der Waals surface area contributed by atoms with Gasteiger partial charge in [-0.05, 0) is 44.0 Å². The molecule has 28 heavy (non-hydrogen) atoms. The Morgan fingerprint density at radius 2 is 2.04 bits per heavy atom. The number of carbonyl (C=O) groups is 1. The molecule has 1 aliphatic rings. The summed E-state index contributed by atoms with van der Waals surface area (Å²) in [5.74, 6) is -0.893. The fourth-order valence-electron chi connectivity index (χ4n) is 2.96. The lowest BCUT2D eigenvalue weighted by Gasteiger charge is -2.10. The molecule has 8 nitrogen and oxygen atoms in total. The van der Waals surface area contributed by atoms with Crippen molar-refractivity contribution in [3.8, 4) is 0 Å². The third kappa shape index (κ3) is 3.68. The van der Waals surface area contributed by atoms with E-state index in [1.807, 2.05) is 0 Å². The van der Waals surface area contributed by atoms with Gasteiger partial charge in [0, 0.05) is 17.3 Å². The van der Waals surface area contributed by atoms with Crippen molar-refractivity contribution >= 4 is 38.4 Å². The number of fused-ring (bicyclic) bond motifs is 1.